The van der Waals surface area contributed by atoms with E-state index in [2.05, 4.69) is 16.6 Å². The number of non-ortho nitro benzene ring substituents is 1. The molecule has 0 aromatic heterocycles. The standard InChI is InChI=1S/C13H14N4O4/c1-9-3-2-4-10(7-9)14-15-12-6-5-11(16(18)19)8-13(12)17(20)21/h3,5-6,8,15H,2,4,7H2,1H3/b14-10-. The van der Waals surface area contributed by atoms with Crippen LogP contribution in [-0.2, 0) is 0 Å². The zero-order chi connectivity index (χ0) is 15.4. The summed E-state index contributed by atoms with van der Waals surface area (Å²) in [4.78, 5) is 20.3. The second-order valence-corrected chi connectivity index (χ2v) is 4.77. The summed E-state index contributed by atoms with van der Waals surface area (Å²) in [6, 6.07) is 3.43. The molecule has 0 aliphatic heterocycles. The lowest BCUT2D eigenvalue weighted by Gasteiger charge is -2.12. The highest BCUT2D eigenvalue weighted by atomic mass is 16.6. The number of anilines is 1. The highest BCUT2D eigenvalue weighted by Gasteiger charge is 2.19. The Bertz CT molecular complexity index is 652. The number of nitro benzene ring substituents is 2. The third-order valence-electron chi connectivity index (χ3n) is 3.13. The third-order valence-corrected chi connectivity index (χ3v) is 3.13. The monoisotopic (exact) mass is 290 g/mol. The van der Waals surface area contributed by atoms with Crippen LogP contribution >= 0.6 is 0 Å². The molecule has 0 saturated heterocycles. The zero-order valence-electron chi connectivity index (χ0n) is 11.4. The van der Waals surface area contributed by atoms with E-state index in [1.165, 1.54) is 17.7 Å². The predicted octanol–water partition coefficient (Wildman–Crippen LogP) is 3.40. The first-order valence-electron chi connectivity index (χ1n) is 6.37. The van der Waals surface area contributed by atoms with Crippen molar-refractivity contribution in [2.75, 3.05) is 5.43 Å². The Hall–Kier alpha value is -2.77. The van der Waals surface area contributed by atoms with Gasteiger partial charge in [-0.25, -0.2) is 0 Å². The summed E-state index contributed by atoms with van der Waals surface area (Å²) in [5.74, 6) is 0. The van der Waals surface area contributed by atoms with E-state index < -0.39 is 9.85 Å². The van der Waals surface area contributed by atoms with Crippen LogP contribution < -0.4 is 5.43 Å². The van der Waals surface area contributed by atoms with E-state index in [0.717, 1.165) is 31.0 Å². The number of nitro groups is 2. The Morgan fingerprint density at radius 2 is 2.00 bits per heavy atom. The molecule has 1 aromatic rings. The molecule has 1 aliphatic carbocycles. The quantitative estimate of drug-likeness (QED) is 0.519. The third kappa shape index (κ3) is 3.62. The van der Waals surface area contributed by atoms with Crippen molar-refractivity contribution in [1.82, 2.24) is 0 Å². The number of hydrogen-bond donors (Lipinski definition) is 1. The molecule has 2 rings (SSSR count). The first kappa shape index (κ1) is 14.6. The van der Waals surface area contributed by atoms with E-state index in [4.69, 9.17) is 0 Å². The molecule has 0 bridgehead atoms. The lowest BCUT2D eigenvalue weighted by atomic mass is 9.99. The van der Waals surface area contributed by atoms with Crippen molar-refractivity contribution in [1.29, 1.82) is 0 Å². The summed E-state index contributed by atoms with van der Waals surface area (Å²) in [6.07, 6.45) is 4.56. The highest BCUT2D eigenvalue weighted by molar-refractivity contribution is 5.88. The van der Waals surface area contributed by atoms with Gasteiger partial charge in [0.05, 0.1) is 15.9 Å². The van der Waals surface area contributed by atoms with Crippen LogP contribution in [0.25, 0.3) is 0 Å². The lowest BCUT2D eigenvalue weighted by molar-refractivity contribution is -0.393. The van der Waals surface area contributed by atoms with Gasteiger partial charge in [0.25, 0.3) is 5.69 Å². The smallest absolute Gasteiger partial charge is 0.272 e. The molecule has 8 nitrogen and oxygen atoms in total. The summed E-state index contributed by atoms with van der Waals surface area (Å²) in [5, 5.41) is 25.8. The molecule has 0 heterocycles. The second kappa shape index (κ2) is 6.12. The van der Waals surface area contributed by atoms with Crippen LogP contribution in [0.2, 0.25) is 0 Å². The highest BCUT2D eigenvalue weighted by Crippen LogP contribution is 2.29. The van der Waals surface area contributed by atoms with Gasteiger partial charge in [-0.15, -0.1) is 0 Å². The van der Waals surface area contributed by atoms with Crippen molar-refractivity contribution in [3.05, 3.63) is 50.1 Å². The Kier molecular flexibility index (Phi) is 4.27. The molecule has 0 saturated carbocycles. The minimum absolute atomic E-state index is 0.144. The number of nitrogens with zero attached hydrogens (tertiary/aromatic N) is 3. The van der Waals surface area contributed by atoms with Gasteiger partial charge in [0.15, 0.2) is 0 Å². The predicted molar refractivity (Wildman–Crippen MR) is 78.4 cm³/mol. The number of hydrogen-bond acceptors (Lipinski definition) is 6. The molecule has 0 fully saturated rings. The van der Waals surface area contributed by atoms with E-state index in [1.54, 1.807) is 0 Å². The molecule has 8 heteroatoms. The van der Waals surface area contributed by atoms with Crippen molar-refractivity contribution in [2.24, 2.45) is 5.10 Å². The number of allylic oxidation sites excluding steroid dienone is 2. The maximum atomic E-state index is 11.0. The van der Waals surface area contributed by atoms with Crippen LogP contribution in [0.5, 0.6) is 0 Å². The normalized spacial score (nSPS) is 16.4. The fourth-order valence-electron chi connectivity index (χ4n) is 2.08. The molecule has 1 aromatic carbocycles. The van der Waals surface area contributed by atoms with Crippen molar-refractivity contribution in [3.63, 3.8) is 0 Å². The van der Waals surface area contributed by atoms with Crippen molar-refractivity contribution >= 4 is 22.8 Å². The first-order valence-corrected chi connectivity index (χ1v) is 6.37. The fourth-order valence-corrected chi connectivity index (χ4v) is 2.08. The van der Waals surface area contributed by atoms with Crippen molar-refractivity contribution in [2.45, 2.75) is 26.2 Å². The molecule has 0 unspecified atom stereocenters. The average molecular weight is 290 g/mol. The molecule has 21 heavy (non-hydrogen) atoms. The average Bonchev–Trinajstić information content (AvgIpc) is 2.44. The summed E-state index contributed by atoms with van der Waals surface area (Å²) in [6.45, 7) is 2.00. The number of nitrogens with one attached hydrogen (secondary N) is 1. The number of benzene rings is 1. The summed E-state index contributed by atoms with van der Waals surface area (Å²) < 4.78 is 0. The largest absolute Gasteiger partial charge is 0.301 e. The van der Waals surface area contributed by atoms with Gasteiger partial charge in [0, 0.05) is 18.2 Å². The van der Waals surface area contributed by atoms with E-state index in [1.807, 2.05) is 6.92 Å². The van der Waals surface area contributed by atoms with Crippen molar-refractivity contribution in [3.8, 4) is 0 Å². The van der Waals surface area contributed by atoms with E-state index in [0.29, 0.717) is 0 Å². The molecular weight excluding hydrogens is 276 g/mol. The lowest BCUT2D eigenvalue weighted by Crippen LogP contribution is -2.07. The van der Waals surface area contributed by atoms with Gasteiger partial charge in [-0.1, -0.05) is 11.6 Å². The number of rotatable bonds is 4. The van der Waals surface area contributed by atoms with Gasteiger partial charge >= 0.3 is 5.69 Å². The molecule has 1 aliphatic rings. The maximum absolute atomic E-state index is 11.0. The van der Waals surface area contributed by atoms with Crippen LogP contribution in [0.1, 0.15) is 26.2 Å². The fraction of sp³-hybridized carbons (Fsp3) is 0.308. The molecule has 0 radical (unpaired) electrons. The minimum atomic E-state index is -0.669. The van der Waals surface area contributed by atoms with Gasteiger partial charge in [0.1, 0.15) is 5.69 Å². The Morgan fingerprint density at radius 3 is 2.62 bits per heavy atom. The summed E-state index contributed by atoms with van der Waals surface area (Å²) in [5.41, 5.74) is 4.22. The van der Waals surface area contributed by atoms with E-state index in [9.17, 15) is 20.2 Å². The van der Waals surface area contributed by atoms with Crippen LogP contribution in [0.15, 0.2) is 34.9 Å². The maximum Gasteiger partial charge on any atom is 0.301 e. The Labute approximate surface area is 120 Å². The zero-order valence-corrected chi connectivity index (χ0v) is 11.4. The molecule has 0 amide bonds. The minimum Gasteiger partial charge on any atom is -0.272 e. The Morgan fingerprint density at radius 1 is 1.24 bits per heavy atom. The molecule has 110 valence electrons. The van der Waals surface area contributed by atoms with Gasteiger partial charge < -0.3 is 0 Å². The van der Waals surface area contributed by atoms with Crippen LogP contribution in [0.4, 0.5) is 17.1 Å². The molecule has 0 atom stereocenters. The second-order valence-electron chi connectivity index (χ2n) is 4.77. The van der Waals surface area contributed by atoms with Crippen LogP contribution in [0, 0.1) is 20.2 Å². The van der Waals surface area contributed by atoms with Gasteiger partial charge in [0.2, 0.25) is 0 Å². The summed E-state index contributed by atoms with van der Waals surface area (Å²) >= 11 is 0. The van der Waals surface area contributed by atoms with Gasteiger partial charge in [-0.05, 0) is 25.8 Å². The Balaban J connectivity index is 2.23. The molecule has 1 N–H and O–H groups in total. The van der Waals surface area contributed by atoms with Gasteiger partial charge in [-0.3, -0.25) is 25.7 Å². The first-order chi connectivity index (χ1) is 9.97. The van der Waals surface area contributed by atoms with Gasteiger partial charge in [-0.2, -0.15) is 5.10 Å². The number of hydrazone groups is 1. The van der Waals surface area contributed by atoms with Crippen molar-refractivity contribution < 1.29 is 9.85 Å². The van der Waals surface area contributed by atoms with Crippen LogP contribution in [0.3, 0.4) is 0 Å². The topological polar surface area (TPSA) is 111 Å². The molecule has 0 spiro atoms. The molecular formula is C13H14N4O4. The SMILES string of the molecule is CC1=CCC/C(=N/Nc2ccc([N+](=O)[O-])cc2[N+](=O)[O-])C1. The van der Waals surface area contributed by atoms with Crippen LogP contribution in [-0.4, -0.2) is 15.6 Å². The van der Waals surface area contributed by atoms with E-state index in [-0.39, 0.29) is 17.1 Å². The summed E-state index contributed by atoms with van der Waals surface area (Å²) in [7, 11) is 0. The van der Waals surface area contributed by atoms with E-state index >= 15 is 0 Å².